The minimum Gasteiger partial charge on any atom is -0.367 e. The van der Waals surface area contributed by atoms with E-state index in [2.05, 4.69) is 25.5 Å². The lowest BCUT2D eigenvalue weighted by Crippen LogP contribution is -2.44. The first kappa shape index (κ1) is 25.6. The Morgan fingerprint density at radius 3 is 2.38 bits per heavy atom. The van der Waals surface area contributed by atoms with Crippen LogP contribution >= 0.6 is 0 Å². The average molecular weight is 533 g/mol. The van der Waals surface area contributed by atoms with Crippen LogP contribution in [0.15, 0.2) is 61.1 Å². The summed E-state index contributed by atoms with van der Waals surface area (Å²) in [4.78, 5) is 16.5. The standard InChI is InChI=1S/C30H31F3N6/c31-30(32,33)22-8-6-20(7-9-22)27-25-19-35-12-11-24(25)29(39-16-14-34-15-17-39)38-28(27)21-10-13-36-26(18-21)37-23-4-2-1-3-5-23/h6-13,18-19,23,34H,1-5,14-17H2,(H,36,37). The molecule has 2 N–H and O–H groups in total. The zero-order valence-electron chi connectivity index (χ0n) is 21.6. The van der Waals surface area contributed by atoms with Crippen molar-refractivity contribution >= 4 is 22.4 Å². The monoisotopic (exact) mass is 532 g/mol. The molecule has 3 aromatic heterocycles. The number of nitrogens with one attached hydrogen (secondary N) is 2. The second-order valence-electron chi connectivity index (χ2n) is 10.3. The molecule has 0 spiro atoms. The van der Waals surface area contributed by atoms with Crippen LogP contribution in [0.4, 0.5) is 24.8 Å². The first-order valence-corrected chi connectivity index (χ1v) is 13.6. The zero-order chi connectivity index (χ0) is 26.8. The Bertz CT molecular complexity index is 1440. The van der Waals surface area contributed by atoms with Gasteiger partial charge in [-0.3, -0.25) is 4.98 Å². The van der Waals surface area contributed by atoms with Gasteiger partial charge in [0.15, 0.2) is 0 Å². The van der Waals surface area contributed by atoms with Crippen molar-refractivity contribution in [2.75, 3.05) is 36.4 Å². The molecule has 202 valence electrons. The summed E-state index contributed by atoms with van der Waals surface area (Å²) in [5, 5.41) is 8.77. The van der Waals surface area contributed by atoms with Gasteiger partial charge in [0, 0.05) is 72.7 Å². The lowest BCUT2D eigenvalue weighted by atomic mass is 9.93. The summed E-state index contributed by atoms with van der Waals surface area (Å²) in [7, 11) is 0. The van der Waals surface area contributed by atoms with Crippen molar-refractivity contribution in [3.05, 3.63) is 66.6 Å². The van der Waals surface area contributed by atoms with Gasteiger partial charge in [-0.15, -0.1) is 0 Å². The zero-order valence-corrected chi connectivity index (χ0v) is 21.6. The molecule has 0 atom stereocenters. The van der Waals surface area contributed by atoms with Gasteiger partial charge in [-0.2, -0.15) is 13.2 Å². The number of hydrogen-bond acceptors (Lipinski definition) is 6. The van der Waals surface area contributed by atoms with Gasteiger partial charge in [0.05, 0.1) is 11.3 Å². The second-order valence-corrected chi connectivity index (χ2v) is 10.3. The molecule has 4 heterocycles. The molecule has 1 aromatic carbocycles. The number of benzene rings is 1. The molecule has 6 rings (SSSR count). The number of piperazine rings is 1. The summed E-state index contributed by atoms with van der Waals surface area (Å²) >= 11 is 0. The normalized spacial score (nSPS) is 16.9. The van der Waals surface area contributed by atoms with Gasteiger partial charge < -0.3 is 15.5 Å². The summed E-state index contributed by atoms with van der Waals surface area (Å²) < 4.78 is 40.1. The molecule has 1 saturated carbocycles. The third-order valence-corrected chi connectivity index (χ3v) is 7.69. The fourth-order valence-corrected chi connectivity index (χ4v) is 5.70. The number of hydrogen-bond donors (Lipinski definition) is 2. The third kappa shape index (κ3) is 5.41. The topological polar surface area (TPSA) is 66.0 Å². The summed E-state index contributed by atoms with van der Waals surface area (Å²) in [5.74, 6) is 1.65. The highest BCUT2D eigenvalue weighted by Gasteiger charge is 2.30. The Hall–Kier alpha value is -3.72. The fourth-order valence-electron chi connectivity index (χ4n) is 5.70. The molecule has 0 amide bonds. The molecule has 0 radical (unpaired) electrons. The summed E-state index contributed by atoms with van der Waals surface area (Å²) in [6.45, 7) is 3.34. The van der Waals surface area contributed by atoms with Crippen molar-refractivity contribution in [3.8, 4) is 22.4 Å². The summed E-state index contributed by atoms with van der Waals surface area (Å²) in [6, 6.07) is 11.6. The minimum atomic E-state index is -4.40. The minimum absolute atomic E-state index is 0.390. The highest BCUT2D eigenvalue weighted by molar-refractivity contribution is 6.07. The Morgan fingerprint density at radius 2 is 1.64 bits per heavy atom. The van der Waals surface area contributed by atoms with Crippen LogP contribution in [-0.2, 0) is 6.18 Å². The van der Waals surface area contributed by atoms with Crippen molar-refractivity contribution in [1.82, 2.24) is 20.3 Å². The van der Waals surface area contributed by atoms with Crippen molar-refractivity contribution in [1.29, 1.82) is 0 Å². The fraction of sp³-hybridized carbons (Fsp3) is 0.367. The van der Waals surface area contributed by atoms with E-state index >= 15 is 0 Å². The van der Waals surface area contributed by atoms with Crippen LogP contribution in [0.5, 0.6) is 0 Å². The maximum absolute atomic E-state index is 13.4. The van der Waals surface area contributed by atoms with Crippen molar-refractivity contribution in [3.63, 3.8) is 0 Å². The van der Waals surface area contributed by atoms with E-state index in [0.717, 1.165) is 84.7 Å². The van der Waals surface area contributed by atoms with Gasteiger partial charge in [0.2, 0.25) is 0 Å². The molecule has 9 heteroatoms. The number of halogens is 3. The Morgan fingerprint density at radius 1 is 0.872 bits per heavy atom. The molecule has 6 nitrogen and oxygen atoms in total. The SMILES string of the molecule is FC(F)(F)c1ccc(-c2c(-c3ccnc(NC4CCCCC4)c3)nc(N3CCNCC3)c3ccncc23)cc1. The molecule has 2 aliphatic rings. The smallest absolute Gasteiger partial charge is 0.367 e. The molecule has 2 fully saturated rings. The first-order chi connectivity index (χ1) is 19.0. The molecule has 1 aliphatic heterocycles. The van der Waals surface area contributed by atoms with E-state index in [1.807, 2.05) is 18.2 Å². The highest BCUT2D eigenvalue weighted by atomic mass is 19.4. The molecular formula is C30H31F3N6. The molecule has 1 saturated heterocycles. The van der Waals surface area contributed by atoms with E-state index < -0.39 is 11.7 Å². The average Bonchev–Trinajstić information content (AvgIpc) is 2.97. The molecule has 39 heavy (non-hydrogen) atoms. The van der Waals surface area contributed by atoms with Crippen LogP contribution in [0.1, 0.15) is 37.7 Å². The van der Waals surface area contributed by atoms with Gasteiger partial charge in [-0.25, -0.2) is 9.97 Å². The van der Waals surface area contributed by atoms with Crippen molar-refractivity contribution < 1.29 is 13.2 Å². The van der Waals surface area contributed by atoms with Crippen LogP contribution in [0.25, 0.3) is 33.2 Å². The van der Waals surface area contributed by atoms with Crippen molar-refractivity contribution in [2.24, 2.45) is 0 Å². The van der Waals surface area contributed by atoms with E-state index in [1.54, 1.807) is 18.6 Å². The summed E-state index contributed by atoms with van der Waals surface area (Å²) in [5.41, 5.74) is 2.32. The number of anilines is 2. The van der Waals surface area contributed by atoms with Crippen LogP contribution in [0, 0.1) is 0 Å². The second kappa shape index (κ2) is 10.8. The maximum atomic E-state index is 13.4. The Kier molecular flexibility index (Phi) is 7.08. The number of fused-ring (bicyclic) bond motifs is 1. The molecular weight excluding hydrogens is 501 g/mol. The van der Waals surface area contributed by atoms with Gasteiger partial charge in [-0.1, -0.05) is 31.4 Å². The lowest BCUT2D eigenvalue weighted by Gasteiger charge is -2.30. The van der Waals surface area contributed by atoms with Gasteiger partial charge in [-0.05, 0) is 48.7 Å². The quantitative estimate of drug-likeness (QED) is 0.305. The molecule has 1 aliphatic carbocycles. The predicted molar refractivity (Wildman–Crippen MR) is 149 cm³/mol. The Labute approximate surface area is 225 Å². The van der Waals surface area contributed by atoms with Crippen LogP contribution in [0.3, 0.4) is 0 Å². The van der Waals surface area contributed by atoms with Crippen LogP contribution in [-0.4, -0.2) is 47.2 Å². The molecule has 4 aromatic rings. The predicted octanol–water partition coefficient (Wildman–Crippen LogP) is 6.53. The maximum Gasteiger partial charge on any atom is 0.416 e. The van der Waals surface area contributed by atoms with Crippen LogP contribution < -0.4 is 15.5 Å². The largest absolute Gasteiger partial charge is 0.416 e. The van der Waals surface area contributed by atoms with Crippen molar-refractivity contribution in [2.45, 2.75) is 44.3 Å². The third-order valence-electron chi connectivity index (χ3n) is 7.69. The van der Waals surface area contributed by atoms with E-state index in [1.165, 1.54) is 31.4 Å². The Balaban J connectivity index is 1.52. The lowest BCUT2D eigenvalue weighted by molar-refractivity contribution is -0.137. The molecule has 0 unspecified atom stereocenters. The van der Waals surface area contributed by atoms with Gasteiger partial charge in [0.1, 0.15) is 11.6 Å². The van der Waals surface area contributed by atoms with E-state index in [9.17, 15) is 13.2 Å². The number of rotatable bonds is 5. The highest BCUT2D eigenvalue weighted by Crippen LogP contribution is 2.41. The number of nitrogens with zero attached hydrogens (tertiary/aromatic N) is 4. The first-order valence-electron chi connectivity index (χ1n) is 13.6. The van der Waals surface area contributed by atoms with E-state index in [-0.39, 0.29) is 0 Å². The van der Waals surface area contributed by atoms with E-state index in [0.29, 0.717) is 17.3 Å². The number of alkyl halides is 3. The summed E-state index contributed by atoms with van der Waals surface area (Å²) in [6.07, 6.45) is 6.84. The van der Waals surface area contributed by atoms with Gasteiger partial charge >= 0.3 is 6.18 Å². The molecule has 0 bridgehead atoms. The van der Waals surface area contributed by atoms with E-state index in [4.69, 9.17) is 4.98 Å². The van der Waals surface area contributed by atoms with Gasteiger partial charge in [0.25, 0.3) is 0 Å². The number of pyridine rings is 3. The van der Waals surface area contributed by atoms with Crippen LogP contribution in [0.2, 0.25) is 0 Å². The number of aromatic nitrogens is 3.